The number of rotatable bonds is 3. The van der Waals surface area contributed by atoms with Gasteiger partial charge in [-0.15, -0.1) is 5.10 Å². The first-order chi connectivity index (χ1) is 8.15. The average Bonchev–Trinajstić information content (AvgIpc) is 2.74. The number of halogens is 1. The van der Waals surface area contributed by atoms with Gasteiger partial charge in [-0.05, 0) is 12.1 Å². The van der Waals surface area contributed by atoms with Crippen LogP contribution in [-0.4, -0.2) is 27.2 Å². The minimum absolute atomic E-state index is 0.443. The number of aliphatic hydroxyl groups is 1. The van der Waals surface area contributed by atoms with Gasteiger partial charge in [-0.25, -0.2) is 4.68 Å². The third-order valence-corrected chi connectivity index (χ3v) is 2.87. The lowest BCUT2D eigenvalue weighted by Crippen LogP contribution is -2.08. The van der Waals surface area contributed by atoms with E-state index in [0.717, 1.165) is 0 Å². The lowest BCUT2D eigenvalue weighted by atomic mass is 10.1. The summed E-state index contributed by atoms with van der Waals surface area (Å²) in [6.07, 6.45) is 0.576. The van der Waals surface area contributed by atoms with Gasteiger partial charge in [0.2, 0.25) is 0 Å². The highest BCUT2D eigenvalue weighted by molar-refractivity contribution is 6.31. The van der Waals surface area contributed by atoms with Gasteiger partial charge in [-0.3, -0.25) is 0 Å². The number of ether oxygens (including phenoxy) is 1. The van der Waals surface area contributed by atoms with E-state index in [0.29, 0.717) is 22.0 Å². The molecule has 2 rings (SSSR count). The number of benzene rings is 1. The number of hydrogen-bond acceptors (Lipinski definition) is 4. The molecule has 1 unspecified atom stereocenters. The van der Waals surface area contributed by atoms with Gasteiger partial charge in [0, 0.05) is 12.6 Å². The lowest BCUT2D eigenvalue weighted by Gasteiger charge is -2.15. The summed E-state index contributed by atoms with van der Waals surface area (Å²) in [5, 5.41) is 18.2. The van der Waals surface area contributed by atoms with E-state index < -0.39 is 6.10 Å². The molecule has 0 radical (unpaired) electrons. The summed E-state index contributed by atoms with van der Waals surface area (Å²) in [6, 6.07) is 5.21. The number of aromatic nitrogens is 3. The highest BCUT2D eigenvalue weighted by Gasteiger charge is 2.21. The number of aliphatic hydroxyl groups excluding tert-OH is 1. The Bertz CT molecular complexity index is 527. The molecular weight excluding hydrogens is 242 g/mol. The van der Waals surface area contributed by atoms with E-state index in [1.54, 1.807) is 25.2 Å². The smallest absolute Gasteiger partial charge is 0.127 e. The van der Waals surface area contributed by atoms with Crippen LogP contribution in [0, 0.1) is 0 Å². The van der Waals surface area contributed by atoms with E-state index >= 15 is 0 Å². The van der Waals surface area contributed by atoms with Crippen LogP contribution in [0.1, 0.15) is 17.4 Å². The Hall–Kier alpha value is -1.59. The quantitative estimate of drug-likeness (QED) is 0.902. The van der Waals surface area contributed by atoms with Gasteiger partial charge in [-0.2, -0.15) is 0 Å². The Kier molecular flexibility index (Phi) is 3.31. The van der Waals surface area contributed by atoms with Crippen molar-refractivity contribution in [2.75, 3.05) is 7.11 Å². The minimum atomic E-state index is -0.918. The van der Waals surface area contributed by atoms with Gasteiger partial charge in [0.15, 0.2) is 0 Å². The third kappa shape index (κ3) is 2.11. The first kappa shape index (κ1) is 11.9. The van der Waals surface area contributed by atoms with Crippen molar-refractivity contribution in [2.45, 2.75) is 6.10 Å². The summed E-state index contributed by atoms with van der Waals surface area (Å²) in [7, 11) is 3.23. The van der Waals surface area contributed by atoms with Crippen molar-refractivity contribution < 1.29 is 9.84 Å². The molecule has 0 amide bonds. The second kappa shape index (κ2) is 4.73. The van der Waals surface area contributed by atoms with Crippen LogP contribution in [0.2, 0.25) is 5.02 Å². The van der Waals surface area contributed by atoms with Crippen molar-refractivity contribution >= 4 is 11.6 Å². The summed E-state index contributed by atoms with van der Waals surface area (Å²) < 4.78 is 6.68. The van der Waals surface area contributed by atoms with E-state index in [-0.39, 0.29) is 0 Å². The number of hydrogen-bond donors (Lipinski definition) is 1. The van der Waals surface area contributed by atoms with E-state index in [1.165, 1.54) is 18.0 Å². The van der Waals surface area contributed by atoms with Crippen molar-refractivity contribution in [3.63, 3.8) is 0 Å². The second-order valence-corrected chi connectivity index (χ2v) is 3.95. The largest absolute Gasteiger partial charge is 0.496 e. The third-order valence-electron chi connectivity index (χ3n) is 2.54. The van der Waals surface area contributed by atoms with Crippen LogP contribution in [0.5, 0.6) is 5.75 Å². The molecule has 0 aliphatic carbocycles. The fourth-order valence-corrected chi connectivity index (χ4v) is 1.92. The monoisotopic (exact) mass is 253 g/mol. The van der Waals surface area contributed by atoms with Crippen LogP contribution in [0.3, 0.4) is 0 Å². The maximum absolute atomic E-state index is 10.3. The molecule has 0 saturated heterocycles. The molecule has 1 N–H and O–H groups in total. The highest BCUT2D eigenvalue weighted by atomic mass is 35.5. The van der Waals surface area contributed by atoms with Crippen LogP contribution in [-0.2, 0) is 7.05 Å². The molecule has 90 valence electrons. The molecule has 0 bridgehead atoms. The van der Waals surface area contributed by atoms with Crippen LogP contribution in [0.15, 0.2) is 24.4 Å². The zero-order valence-electron chi connectivity index (χ0n) is 9.46. The van der Waals surface area contributed by atoms with E-state index in [9.17, 15) is 5.11 Å². The van der Waals surface area contributed by atoms with E-state index in [2.05, 4.69) is 10.3 Å². The molecular formula is C11H12ClN3O2. The molecule has 5 nitrogen and oxygen atoms in total. The van der Waals surface area contributed by atoms with Crippen molar-refractivity contribution in [1.82, 2.24) is 15.0 Å². The first-order valence-electron chi connectivity index (χ1n) is 5.00. The normalized spacial score (nSPS) is 12.5. The van der Waals surface area contributed by atoms with Gasteiger partial charge in [-0.1, -0.05) is 22.9 Å². The molecule has 0 aliphatic rings. The Balaban J connectivity index is 2.50. The molecule has 0 fully saturated rings. The van der Waals surface area contributed by atoms with Gasteiger partial charge in [0.25, 0.3) is 0 Å². The summed E-state index contributed by atoms with van der Waals surface area (Å²) in [5.74, 6) is 0.534. The van der Waals surface area contributed by atoms with Crippen molar-refractivity contribution in [3.8, 4) is 5.75 Å². The Morgan fingerprint density at radius 3 is 2.82 bits per heavy atom. The molecule has 0 aliphatic heterocycles. The maximum atomic E-state index is 10.3. The first-order valence-corrected chi connectivity index (χ1v) is 5.38. The van der Waals surface area contributed by atoms with Gasteiger partial charge < -0.3 is 9.84 Å². The molecule has 0 saturated carbocycles. The Labute approximate surface area is 104 Å². The Morgan fingerprint density at radius 2 is 2.24 bits per heavy atom. The van der Waals surface area contributed by atoms with Crippen molar-refractivity contribution in [3.05, 3.63) is 40.7 Å². The van der Waals surface area contributed by atoms with Gasteiger partial charge >= 0.3 is 0 Å². The van der Waals surface area contributed by atoms with Gasteiger partial charge in [0.05, 0.1) is 24.0 Å². The zero-order chi connectivity index (χ0) is 12.4. The molecule has 1 aromatic carbocycles. The van der Waals surface area contributed by atoms with Crippen LogP contribution >= 0.6 is 11.6 Å². The molecule has 1 aromatic heterocycles. The van der Waals surface area contributed by atoms with Crippen LogP contribution < -0.4 is 4.74 Å². The highest BCUT2D eigenvalue weighted by Crippen LogP contribution is 2.34. The van der Waals surface area contributed by atoms with Crippen molar-refractivity contribution in [2.24, 2.45) is 7.05 Å². The minimum Gasteiger partial charge on any atom is -0.496 e. The predicted molar refractivity (Wildman–Crippen MR) is 63.1 cm³/mol. The number of aryl methyl sites for hydroxylation is 1. The molecule has 6 heteroatoms. The predicted octanol–water partition coefficient (Wildman–Crippen LogP) is 1.56. The average molecular weight is 254 g/mol. The summed E-state index contributed by atoms with van der Waals surface area (Å²) in [6.45, 7) is 0. The lowest BCUT2D eigenvalue weighted by molar-refractivity contribution is 0.204. The van der Waals surface area contributed by atoms with Crippen LogP contribution in [0.25, 0.3) is 0 Å². The molecule has 1 heterocycles. The van der Waals surface area contributed by atoms with Gasteiger partial charge in [0.1, 0.15) is 11.9 Å². The fourth-order valence-electron chi connectivity index (χ4n) is 1.65. The summed E-state index contributed by atoms with van der Waals surface area (Å²) >= 11 is 6.08. The maximum Gasteiger partial charge on any atom is 0.127 e. The van der Waals surface area contributed by atoms with Crippen molar-refractivity contribution in [1.29, 1.82) is 0 Å². The topological polar surface area (TPSA) is 60.2 Å². The standard InChI is InChI=1S/C11H12ClN3O2/c1-15-8(6-13-14-15)11(16)10-7(12)4-3-5-9(10)17-2/h3-6,11,16H,1-2H3. The van der Waals surface area contributed by atoms with E-state index in [4.69, 9.17) is 16.3 Å². The molecule has 1 atom stereocenters. The summed E-state index contributed by atoms with van der Waals surface area (Å²) in [5.41, 5.74) is 1.07. The number of nitrogens with zero attached hydrogens (tertiary/aromatic N) is 3. The fraction of sp³-hybridized carbons (Fsp3) is 0.273. The molecule has 17 heavy (non-hydrogen) atoms. The molecule has 2 aromatic rings. The Morgan fingerprint density at radius 1 is 1.47 bits per heavy atom. The van der Waals surface area contributed by atoms with Crippen LogP contribution in [0.4, 0.5) is 0 Å². The summed E-state index contributed by atoms with van der Waals surface area (Å²) in [4.78, 5) is 0. The second-order valence-electron chi connectivity index (χ2n) is 3.54. The SMILES string of the molecule is COc1cccc(Cl)c1C(O)c1cnnn1C. The molecule has 0 spiro atoms. The zero-order valence-corrected chi connectivity index (χ0v) is 10.2. The number of methoxy groups -OCH3 is 1. The van der Waals surface area contributed by atoms with E-state index in [1.807, 2.05) is 0 Å².